The highest BCUT2D eigenvalue weighted by molar-refractivity contribution is 5.56. The van der Waals surface area contributed by atoms with E-state index in [1.165, 1.54) is 6.33 Å². The maximum atomic E-state index is 13.1. The smallest absolute Gasteiger partial charge is 0.249 e. The van der Waals surface area contributed by atoms with Gasteiger partial charge < -0.3 is 15.2 Å². The third-order valence-electron chi connectivity index (χ3n) is 2.30. The zero-order chi connectivity index (χ0) is 14.5. The van der Waals surface area contributed by atoms with Gasteiger partial charge in [0.2, 0.25) is 11.8 Å². The summed E-state index contributed by atoms with van der Waals surface area (Å²) >= 11 is 0. The molecule has 2 aromatic rings. The standard InChI is InChI=1S/C13H13F2N3O2/c1-2-3-19-12-11(16)13(18-7-17-12)20-10-5-8(14)4-9(15)6-10/h4-7H,2-3,16H2,1H3. The Balaban J connectivity index is 2.24. The Morgan fingerprint density at radius 3 is 2.40 bits per heavy atom. The molecule has 0 amide bonds. The molecule has 0 fully saturated rings. The van der Waals surface area contributed by atoms with Gasteiger partial charge in [-0.3, -0.25) is 0 Å². The molecule has 1 aromatic carbocycles. The third-order valence-corrected chi connectivity index (χ3v) is 2.30. The lowest BCUT2D eigenvalue weighted by atomic mass is 10.3. The van der Waals surface area contributed by atoms with Gasteiger partial charge in [0.25, 0.3) is 0 Å². The molecule has 0 aliphatic heterocycles. The lowest BCUT2D eigenvalue weighted by Gasteiger charge is -2.10. The van der Waals surface area contributed by atoms with E-state index in [4.69, 9.17) is 15.2 Å². The molecule has 0 spiro atoms. The van der Waals surface area contributed by atoms with E-state index < -0.39 is 11.6 Å². The lowest BCUT2D eigenvalue weighted by Crippen LogP contribution is -2.04. The van der Waals surface area contributed by atoms with Crippen LogP contribution in [0.3, 0.4) is 0 Å². The first-order valence-electron chi connectivity index (χ1n) is 5.97. The van der Waals surface area contributed by atoms with Crippen LogP contribution in [0.25, 0.3) is 0 Å². The van der Waals surface area contributed by atoms with Crippen LogP contribution in [0.1, 0.15) is 13.3 Å². The van der Waals surface area contributed by atoms with Crippen LogP contribution < -0.4 is 15.2 Å². The fourth-order valence-corrected chi connectivity index (χ4v) is 1.46. The Morgan fingerprint density at radius 1 is 1.10 bits per heavy atom. The molecule has 0 atom stereocenters. The summed E-state index contributed by atoms with van der Waals surface area (Å²) in [5.74, 6) is -1.40. The van der Waals surface area contributed by atoms with Crippen LogP contribution in [0.4, 0.5) is 14.5 Å². The number of ether oxygens (including phenoxy) is 2. The minimum absolute atomic E-state index is 0.0175. The van der Waals surface area contributed by atoms with Crippen molar-refractivity contribution in [3.63, 3.8) is 0 Å². The van der Waals surface area contributed by atoms with E-state index in [0.717, 1.165) is 24.6 Å². The first kappa shape index (κ1) is 14.0. The molecule has 2 rings (SSSR count). The Bertz CT molecular complexity index is 588. The molecule has 1 aromatic heterocycles. The van der Waals surface area contributed by atoms with Gasteiger partial charge >= 0.3 is 0 Å². The fourth-order valence-electron chi connectivity index (χ4n) is 1.46. The molecule has 0 radical (unpaired) electrons. The summed E-state index contributed by atoms with van der Waals surface area (Å²) in [5, 5.41) is 0. The molecule has 0 aliphatic carbocycles. The highest BCUT2D eigenvalue weighted by atomic mass is 19.1. The van der Waals surface area contributed by atoms with Crippen molar-refractivity contribution in [3.8, 4) is 17.5 Å². The second-order valence-electron chi connectivity index (χ2n) is 3.95. The summed E-state index contributed by atoms with van der Waals surface area (Å²) in [6.07, 6.45) is 1.99. The van der Waals surface area contributed by atoms with Crippen LogP contribution >= 0.6 is 0 Å². The summed E-state index contributed by atoms with van der Waals surface area (Å²) in [5.41, 5.74) is 5.86. The summed E-state index contributed by atoms with van der Waals surface area (Å²) in [4.78, 5) is 7.69. The van der Waals surface area contributed by atoms with Gasteiger partial charge in [-0.15, -0.1) is 0 Å². The molecule has 20 heavy (non-hydrogen) atoms. The highest BCUT2D eigenvalue weighted by Gasteiger charge is 2.12. The normalized spacial score (nSPS) is 10.3. The van der Waals surface area contributed by atoms with E-state index in [1.807, 2.05) is 6.92 Å². The van der Waals surface area contributed by atoms with E-state index in [0.29, 0.717) is 6.61 Å². The number of nitrogens with two attached hydrogens (primary N) is 1. The van der Waals surface area contributed by atoms with Crippen LogP contribution in [-0.4, -0.2) is 16.6 Å². The molecule has 5 nitrogen and oxygen atoms in total. The molecule has 0 aliphatic rings. The second kappa shape index (κ2) is 6.14. The number of halogens is 2. The summed E-state index contributed by atoms with van der Waals surface area (Å²) in [6, 6.07) is 2.79. The van der Waals surface area contributed by atoms with Crippen molar-refractivity contribution in [1.29, 1.82) is 0 Å². The van der Waals surface area contributed by atoms with Crippen LogP contribution in [0.15, 0.2) is 24.5 Å². The van der Waals surface area contributed by atoms with Gasteiger partial charge in [0.1, 0.15) is 23.7 Å². The van der Waals surface area contributed by atoms with Gasteiger partial charge in [0.05, 0.1) is 6.61 Å². The Morgan fingerprint density at radius 2 is 1.75 bits per heavy atom. The highest BCUT2D eigenvalue weighted by Crippen LogP contribution is 2.31. The third kappa shape index (κ3) is 3.31. The molecule has 1 heterocycles. The predicted octanol–water partition coefficient (Wildman–Crippen LogP) is 2.92. The molecular weight excluding hydrogens is 268 g/mol. The van der Waals surface area contributed by atoms with Crippen molar-refractivity contribution in [3.05, 3.63) is 36.2 Å². The van der Waals surface area contributed by atoms with Gasteiger partial charge in [0, 0.05) is 18.2 Å². The number of rotatable bonds is 5. The fraction of sp³-hybridized carbons (Fsp3) is 0.231. The average molecular weight is 281 g/mol. The van der Waals surface area contributed by atoms with Gasteiger partial charge in [-0.1, -0.05) is 6.92 Å². The minimum Gasteiger partial charge on any atom is -0.476 e. The molecular formula is C13H13F2N3O2. The van der Waals surface area contributed by atoms with Crippen molar-refractivity contribution >= 4 is 5.69 Å². The number of nitrogen functional groups attached to an aromatic ring is 1. The van der Waals surface area contributed by atoms with Crippen molar-refractivity contribution in [2.45, 2.75) is 13.3 Å². The van der Waals surface area contributed by atoms with Crippen molar-refractivity contribution in [2.75, 3.05) is 12.3 Å². The molecule has 0 unspecified atom stereocenters. The number of hydrogen-bond donors (Lipinski definition) is 1. The Hall–Kier alpha value is -2.44. The lowest BCUT2D eigenvalue weighted by molar-refractivity contribution is 0.304. The minimum atomic E-state index is -0.755. The van der Waals surface area contributed by atoms with E-state index in [2.05, 4.69) is 9.97 Å². The van der Waals surface area contributed by atoms with Gasteiger partial charge in [-0.2, -0.15) is 9.97 Å². The summed E-state index contributed by atoms with van der Waals surface area (Å²) in [6.45, 7) is 2.37. The quantitative estimate of drug-likeness (QED) is 0.912. The molecule has 0 bridgehead atoms. The monoisotopic (exact) mass is 281 g/mol. The second-order valence-corrected chi connectivity index (χ2v) is 3.95. The Labute approximate surface area is 114 Å². The Kier molecular flexibility index (Phi) is 4.29. The topological polar surface area (TPSA) is 70.3 Å². The largest absolute Gasteiger partial charge is 0.476 e. The van der Waals surface area contributed by atoms with Crippen molar-refractivity contribution in [1.82, 2.24) is 9.97 Å². The van der Waals surface area contributed by atoms with Crippen LogP contribution in [0.5, 0.6) is 17.5 Å². The molecule has 0 saturated carbocycles. The number of nitrogens with zero attached hydrogens (tertiary/aromatic N) is 2. The number of anilines is 1. The van der Waals surface area contributed by atoms with E-state index >= 15 is 0 Å². The number of aromatic nitrogens is 2. The average Bonchev–Trinajstić information content (AvgIpc) is 2.38. The van der Waals surface area contributed by atoms with Crippen LogP contribution in [0.2, 0.25) is 0 Å². The van der Waals surface area contributed by atoms with E-state index in [1.54, 1.807) is 0 Å². The maximum Gasteiger partial charge on any atom is 0.249 e. The van der Waals surface area contributed by atoms with Gasteiger partial charge in [0.15, 0.2) is 5.69 Å². The molecule has 106 valence electrons. The van der Waals surface area contributed by atoms with Crippen LogP contribution in [0, 0.1) is 11.6 Å². The molecule has 7 heteroatoms. The number of benzene rings is 1. The van der Waals surface area contributed by atoms with Gasteiger partial charge in [-0.05, 0) is 6.42 Å². The predicted molar refractivity (Wildman–Crippen MR) is 68.7 cm³/mol. The molecule has 2 N–H and O–H groups in total. The zero-order valence-electron chi connectivity index (χ0n) is 10.8. The first-order valence-corrected chi connectivity index (χ1v) is 5.97. The zero-order valence-corrected chi connectivity index (χ0v) is 10.8. The first-order chi connectivity index (χ1) is 9.60. The van der Waals surface area contributed by atoms with Crippen molar-refractivity contribution in [2.24, 2.45) is 0 Å². The molecule has 0 saturated heterocycles. The SMILES string of the molecule is CCCOc1ncnc(Oc2cc(F)cc(F)c2)c1N. The van der Waals surface area contributed by atoms with E-state index in [9.17, 15) is 8.78 Å². The summed E-state index contributed by atoms with van der Waals surface area (Å²) < 4.78 is 36.7. The van der Waals surface area contributed by atoms with Crippen molar-refractivity contribution < 1.29 is 18.3 Å². The number of hydrogen-bond acceptors (Lipinski definition) is 5. The van der Waals surface area contributed by atoms with Crippen LogP contribution in [-0.2, 0) is 0 Å². The van der Waals surface area contributed by atoms with E-state index in [-0.39, 0.29) is 23.2 Å². The van der Waals surface area contributed by atoms with Gasteiger partial charge in [-0.25, -0.2) is 8.78 Å². The summed E-state index contributed by atoms with van der Waals surface area (Å²) in [7, 11) is 0. The maximum absolute atomic E-state index is 13.1.